The number of esters is 1. The van der Waals surface area contributed by atoms with E-state index in [9.17, 15) is 9.18 Å². The number of thiazole rings is 1. The predicted octanol–water partition coefficient (Wildman–Crippen LogP) is 2.53. The molecule has 0 saturated heterocycles. The van der Waals surface area contributed by atoms with Crippen LogP contribution in [0.2, 0.25) is 0 Å². The fourth-order valence-corrected chi connectivity index (χ4v) is 2.01. The normalized spacial score (nSPS) is 10.3. The van der Waals surface area contributed by atoms with Crippen LogP contribution in [0.15, 0.2) is 23.6 Å². The zero-order valence-electron chi connectivity index (χ0n) is 9.64. The van der Waals surface area contributed by atoms with Gasteiger partial charge in [0.1, 0.15) is 12.4 Å². The van der Waals surface area contributed by atoms with Crippen molar-refractivity contribution >= 4 is 23.0 Å². The van der Waals surface area contributed by atoms with Crippen LogP contribution in [0.5, 0.6) is 0 Å². The number of rotatable bonds is 3. The maximum absolute atomic E-state index is 12.8. The third kappa shape index (κ3) is 2.84. The quantitative estimate of drug-likeness (QED) is 0.685. The minimum atomic E-state index is -0.585. The number of ether oxygens (including phenoxy) is 1. The molecule has 1 heterocycles. The van der Waals surface area contributed by atoms with Crippen molar-refractivity contribution in [2.75, 3.05) is 5.73 Å². The zero-order chi connectivity index (χ0) is 13.1. The summed E-state index contributed by atoms with van der Waals surface area (Å²) in [6.45, 7) is 1.95. The summed E-state index contributed by atoms with van der Waals surface area (Å²) in [5.74, 6) is -1.07. The standard InChI is InChI=1S/C12H11FN2O2S/c1-7-15-9(6-18-7)5-17-12(16)10-3-2-8(13)4-11(10)14/h2-4,6H,5,14H2,1H3. The molecule has 6 heteroatoms. The predicted molar refractivity (Wildman–Crippen MR) is 66.8 cm³/mol. The van der Waals surface area contributed by atoms with Gasteiger partial charge >= 0.3 is 5.97 Å². The molecule has 4 nitrogen and oxygen atoms in total. The average Bonchev–Trinajstić information content (AvgIpc) is 2.72. The van der Waals surface area contributed by atoms with Crippen LogP contribution in [-0.2, 0) is 11.3 Å². The molecule has 0 amide bonds. The van der Waals surface area contributed by atoms with Crippen molar-refractivity contribution in [3.8, 4) is 0 Å². The third-order valence-corrected chi connectivity index (χ3v) is 3.07. The van der Waals surface area contributed by atoms with Crippen molar-refractivity contribution in [3.63, 3.8) is 0 Å². The second-order valence-corrected chi connectivity index (χ2v) is 4.73. The number of anilines is 1. The van der Waals surface area contributed by atoms with E-state index in [2.05, 4.69) is 4.98 Å². The lowest BCUT2D eigenvalue weighted by atomic mass is 10.2. The van der Waals surface area contributed by atoms with Crippen LogP contribution in [-0.4, -0.2) is 11.0 Å². The number of nitrogens with zero attached hydrogens (tertiary/aromatic N) is 1. The van der Waals surface area contributed by atoms with Crippen LogP contribution >= 0.6 is 11.3 Å². The average molecular weight is 266 g/mol. The van der Waals surface area contributed by atoms with Gasteiger partial charge in [-0.25, -0.2) is 14.2 Å². The van der Waals surface area contributed by atoms with Gasteiger partial charge in [0.25, 0.3) is 0 Å². The van der Waals surface area contributed by atoms with E-state index in [1.54, 1.807) is 0 Å². The van der Waals surface area contributed by atoms with Crippen molar-refractivity contribution < 1.29 is 13.9 Å². The Labute approximate surface area is 107 Å². The minimum absolute atomic E-state index is 0.0643. The Morgan fingerprint density at radius 2 is 2.33 bits per heavy atom. The second-order valence-electron chi connectivity index (χ2n) is 3.67. The molecule has 0 bridgehead atoms. The Bertz CT molecular complexity index is 583. The molecule has 2 N–H and O–H groups in total. The van der Waals surface area contributed by atoms with Gasteiger partial charge in [-0.3, -0.25) is 0 Å². The Balaban J connectivity index is 2.03. The highest BCUT2D eigenvalue weighted by Crippen LogP contribution is 2.16. The molecule has 2 aromatic rings. The lowest BCUT2D eigenvalue weighted by molar-refractivity contribution is 0.0469. The van der Waals surface area contributed by atoms with E-state index in [0.29, 0.717) is 5.69 Å². The molecule has 0 aliphatic carbocycles. The highest BCUT2D eigenvalue weighted by Gasteiger charge is 2.12. The summed E-state index contributed by atoms with van der Waals surface area (Å²) in [7, 11) is 0. The third-order valence-electron chi connectivity index (χ3n) is 2.25. The van der Waals surface area contributed by atoms with Crippen LogP contribution in [0.25, 0.3) is 0 Å². The first kappa shape index (κ1) is 12.5. The van der Waals surface area contributed by atoms with Crippen LogP contribution in [0.4, 0.5) is 10.1 Å². The molecule has 0 atom stereocenters. The Kier molecular flexibility index (Phi) is 3.57. The molecule has 0 spiro atoms. The second kappa shape index (κ2) is 5.14. The summed E-state index contributed by atoms with van der Waals surface area (Å²) >= 11 is 1.48. The van der Waals surface area contributed by atoms with Crippen LogP contribution in [0, 0.1) is 12.7 Å². The van der Waals surface area contributed by atoms with E-state index < -0.39 is 11.8 Å². The Hall–Kier alpha value is -1.95. The molecule has 0 aliphatic heterocycles. The number of halogens is 1. The molecule has 94 valence electrons. The summed E-state index contributed by atoms with van der Waals surface area (Å²) in [6.07, 6.45) is 0. The van der Waals surface area contributed by atoms with E-state index >= 15 is 0 Å². The van der Waals surface area contributed by atoms with Gasteiger partial charge in [-0.1, -0.05) is 0 Å². The van der Waals surface area contributed by atoms with Crippen LogP contribution in [0.3, 0.4) is 0 Å². The molecule has 2 rings (SSSR count). The van der Waals surface area contributed by atoms with Gasteiger partial charge in [-0.05, 0) is 25.1 Å². The largest absolute Gasteiger partial charge is 0.455 e. The lowest BCUT2D eigenvalue weighted by Gasteiger charge is -2.05. The highest BCUT2D eigenvalue weighted by atomic mass is 32.1. The Morgan fingerprint density at radius 1 is 1.56 bits per heavy atom. The summed E-state index contributed by atoms with van der Waals surface area (Å²) in [4.78, 5) is 15.9. The lowest BCUT2D eigenvalue weighted by Crippen LogP contribution is -2.08. The van der Waals surface area contributed by atoms with E-state index in [4.69, 9.17) is 10.5 Å². The molecule has 18 heavy (non-hydrogen) atoms. The smallest absolute Gasteiger partial charge is 0.340 e. The monoisotopic (exact) mass is 266 g/mol. The zero-order valence-corrected chi connectivity index (χ0v) is 10.5. The number of hydrogen-bond acceptors (Lipinski definition) is 5. The number of carbonyl (C=O) groups is 1. The van der Waals surface area contributed by atoms with Crippen molar-refractivity contribution in [3.05, 3.63) is 45.7 Å². The number of hydrogen-bond donors (Lipinski definition) is 1. The molecule has 1 aromatic heterocycles. The molecule has 0 fully saturated rings. The van der Waals surface area contributed by atoms with Crippen molar-refractivity contribution in [2.24, 2.45) is 0 Å². The maximum atomic E-state index is 12.8. The number of aryl methyl sites for hydroxylation is 1. The number of nitrogen functional groups attached to an aromatic ring is 1. The summed E-state index contributed by atoms with van der Waals surface area (Å²) < 4.78 is 17.9. The molecule has 0 saturated carbocycles. The fraction of sp³-hybridized carbons (Fsp3) is 0.167. The van der Waals surface area contributed by atoms with Gasteiger partial charge in [0.15, 0.2) is 0 Å². The van der Waals surface area contributed by atoms with Gasteiger partial charge in [0.2, 0.25) is 0 Å². The summed E-state index contributed by atoms with van der Waals surface area (Å²) in [5, 5.41) is 2.72. The van der Waals surface area contributed by atoms with Gasteiger partial charge < -0.3 is 10.5 Å². The first-order chi connectivity index (χ1) is 8.56. The number of aromatic nitrogens is 1. The van der Waals surface area contributed by atoms with Crippen LogP contribution < -0.4 is 5.73 Å². The van der Waals surface area contributed by atoms with E-state index in [1.165, 1.54) is 23.5 Å². The summed E-state index contributed by atoms with van der Waals surface area (Å²) in [6, 6.07) is 3.56. The number of nitrogens with two attached hydrogens (primary N) is 1. The van der Waals surface area contributed by atoms with E-state index in [1.807, 2.05) is 12.3 Å². The van der Waals surface area contributed by atoms with Gasteiger partial charge in [-0.2, -0.15) is 0 Å². The summed E-state index contributed by atoms with van der Waals surface area (Å²) in [5.41, 5.74) is 6.45. The molecule has 0 aliphatic rings. The van der Waals surface area contributed by atoms with Crippen molar-refractivity contribution in [1.29, 1.82) is 0 Å². The highest BCUT2D eigenvalue weighted by molar-refractivity contribution is 7.09. The van der Waals surface area contributed by atoms with Gasteiger partial charge in [-0.15, -0.1) is 11.3 Å². The van der Waals surface area contributed by atoms with Crippen molar-refractivity contribution in [2.45, 2.75) is 13.5 Å². The SMILES string of the molecule is Cc1nc(COC(=O)c2ccc(F)cc2N)cs1. The minimum Gasteiger partial charge on any atom is -0.455 e. The number of benzene rings is 1. The number of carbonyl (C=O) groups excluding carboxylic acids is 1. The molecule has 0 unspecified atom stereocenters. The maximum Gasteiger partial charge on any atom is 0.340 e. The topological polar surface area (TPSA) is 65.2 Å². The first-order valence-electron chi connectivity index (χ1n) is 5.19. The van der Waals surface area contributed by atoms with E-state index in [0.717, 1.165) is 11.1 Å². The van der Waals surface area contributed by atoms with Crippen LogP contribution in [0.1, 0.15) is 21.1 Å². The van der Waals surface area contributed by atoms with Crippen molar-refractivity contribution in [1.82, 2.24) is 4.98 Å². The molecule has 0 radical (unpaired) electrons. The molecular formula is C12H11FN2O2S. The van der Waals surface area contributed by atoms with E-state index in [-0.39, 0.29) is 17.9 Å². The first-order valence-corrected chi connectivity index (χ1v) is 6.07. The molecule has 1 aromatic carbocycles. The molecular weight excluding hydrogens is 255 g/mol. The van der Waals surface area contributed by atoms with Gasteiger partial charge in [0, 0.05) is 11.1 Å². The Morgan fingerprint density at radius 3 is 2.94 bits per heavy atom. The van der Waals surface area contributed by atoms with Gasteiger partial charge in [0.05, 0.1) is 16.3 Å². The fourth-order valence-electron chi connectivity index (χ4n) is 1.41.